The minimum Gasteiger partial charge on any atom is -0.478 e. The van der Waals surface area contributed by atoms with Crippen molar-refractivity contribution in [2.75, 3.05) is 0 Å². The van der Waals surface area contributed by atoms with Gasteiger partial charge in [-0.15, -0.1) is 0 Å². The zero-order chi connectivity index (χ0) is 20.3. The summed E-state index contributed by atoms with van der Waals surface area (Å²) in [5.74, 6) is -2.37. The van der Waals surface area contributed by atoms with Crippen molar-refractivity contribution >= 4 is 11.8 Å². The number of rotatable bonds is 3. The van der Waals surface area contributed by atoms with Crippen LogP contribution in [0.2, 0.25) is 0 Å². The quantitative estimate of drug-likeness (QED) is 0.602. The number of alkyl halides is 1. The summed E-state index contributed by atoms with van der Waals surface area (Å²) >= 11 is 0. The molecule has 8 heteroatoms. The third-order valence-electron chi connectivity index (χ3n) is 7.72. The molecular weight excluding hydrogens is 377 g/mol. The smallest absolute Gasteiger partial charge is 0.340 e. The fraction of sp³-hybridized carbons (Fsp3) is 0.810. The summed E-state index contributed by atoms with van der Waals surface area (Å²) in [6, 6.07) is -0.489. The lowest BCUT2D eigenvalue weighted by Crippen LogP contribution is -2.73. The average molecular weight is 407 g/mol. The van der Waals surface area contributed by atoms with E-state index in [0.29, 0.717) is 6.42 Å². The zero-order valence-electron chi connectivity index (χ0n) is 16.5. The van der Waals surface area contributed by atoms with Crippen LogP contribution in [0.15, 0.2) is 11.8 Å². The van der Waals surface area contributed by atoms with E-state index in [4.69, 9.17) is 10.5 Å². The number of aliphatic carboxylic acids is 1. The van der Waals surface area contributed by atoms with Crippen molar-refractivity contribution in [3.63, 3.8) is 0 Å². The Morgan fingerprint density at radius 2 is 2.00 bits per heavy atom. The highest BCUT2D eigenvalue weighted by Crippen LogP contribution is 2.45. The topological polar surface area (TPSA) is 105 Å². The van der Waals surface area contributed by atoms with E-state index in [0.717, 1.165) is 38.5 Å². The van der Waals surface area contributed by atoms with Crippen LogP contribution in [0.1, 0.15) is 51.4 Å². The predicted molar refractivity (Wildman–Crippen MR) is 103 cm³/mol. The maximum atomic E-state index is 15.4. The van der Waals surface area contributed by atoms with Gasteiger partial charge >= 0.3 is 5.97 Å². The summed E-state index contributed by atoms with van der Waals surface area (Å²) in [5.41, 5.74) is 5.95. The minimum atomic E-state index is -1.24. The number of ether oxygens (including phenoxy) is 1. The summed E-state index contributed by atoms with van der Waals surface area (Å²) < 4.78 is 21.8. The van der Waals surface area contributed by atoms with Crippen molar-refractivity contribution < 1.29 is 23.8 Å². The zero-order valence-corrected chi connectivity index (χ0v) is 16.5. The van der Waals surface area contributed by atoms with Crippen molar-refractivity contribution in [1.29, 1.82) is 0 Å². The second-order valence-corrected chi connectivity index (χ2v) is 9.46. The SMILES string of the molecule is NC1CCC2C(C1)OC1C(NC3CCCC3)C(F)CC3C(=O)C(C(=O)O)=CN2C31. The summed E-state index contributed by atoms with van der Waals surface area (Å²) in [6.45, 7) is 0. The molecule has 5 aliphatic rings. The predicted octanol–water partition coefficient (Wildman–Crippen LogP) is 1.11. The molecule has 7 nitrogen and oxygen atoms in total. The van der Waals surface area contributed by atoms with E-state index < -0.39 is 36.0 Å². The van der Waals surface area contributed by atoms with Crippen LogP contribution in [0.4, 0.5) is 4.39 Å². The Morgan fingerprint density at radius 3 is 2.72 bits per heavy atom. The maximum Gasteiger partial charge on any atom is 0.340 e. The van der Waals surface area contributed by atoms with Gasteiger partial charge in [0.1, 0.15) is 11.7 Å². The first kappa shape index (κ1) is 19.5. The summed E-state index contributed by atoms with van der Waals surface area (Å²) in [4.78, 5) is 26.7. The van der Waals surface area contributed by atoms with Gasteiger partial charge in [0.2, 0.25) is 0 Å². The number of hydrogen-bond acceptors (Lipinski definition) is 6. The molecule has 3 saturated carbocycles. The van der Waals surface area contributed by atoms with Gasteiger partial charge < -0.3 is 25.8 Å². The van der Waals surface area contributed by atoms with Crippen LogP contribution in [0.3, 0.4) is 0 Å². The molecule has 1 saturated heterocycles. The molecule has 4 fully saturated rings. The fourth-order valence-electron chi connectivity index (χ4n) is 6.35. The number of carbonyl (C=O) groups excluding carboxylic acids is 1. The van der Waals surface area contributed by atoms with Crippen LogP contribution < -0.4 is 11.1 Å². The summed E-state index contributed by atoms with van der Waals surface area (Å²) in [6.07, 6.45) is 6.33. The molecular formula is C21H30FN3O4. The molecule has 8 atom stereocenters. The average Bonchev–Trinajstić information content (AvgIpc) is 3.19. The lowest BCUT2D eigenvalue weighted by Gasteiger charge is -2.59. The van der Waals surface area contributed by atoms with Crippen molar-refractivity contribution in [1.82, 2.24) is 10.2 Å². The number of nitrogens with zero attached hydrogens (tertiary/aromatic N) is 1. The molecule has 2 aliphatic heterocycles. The second kappa shape index (κ2) is 7.32. The first-order valence-electron chi connectivity index (χ1n) is 11.0. The monoisotopic (exact) mass is 407 g/mol. The summed E-state index contributed by atoms with van der Waals surface area (Å²) in [5, 5.41) is 13.1. The van der Waals surface area contributed by atoms with Crippen LogP contribution in [-0.4, -0.2) is 70.3 Å². The number of nitrogens with one attached hydrogen (secondary N) is 1. The minimum absolute atomic E-state index is 0.00992. The van der Waals surface area contributed by atoms with E-state index in [1.165, 1.54) is 6.20 Å². The van der Waals surface area contributed by atoms with E-state index in [9.17, 15) is 14.7 Å². The highest BCUT2D eigenvalue weighted by atomic mass is 19.1. The van der Waals surface area contributed by atoms with Crippen molar-refractivity contribution in [3.8, 4) is 0 Å². The number of carboxylic acid groups (broad SMARTS) is 1. The second-order valence-electron chi connectivity index (χ2n) is 9.46. The van der Waals surface area contributed by atoms with E-state index in [-0.39, 0.29) is 42.3 Å². The van der Waals surface area contributed by atoms with Crippen LogP contribution in [0, 0.1) is 5.92 Å². The first-order valence-corrected chi connectivity index (χ1v) is 11.0. The number of ketones is 1. The first-order chi connectivity index (χ1) is 13.9. The van der Waals surface area contributed by atoms with Gasteiger partial charge in [0.05, 0.1) is 30.3 Å². The van der Waals surface area contributed by atoms with Crippen LogP contribution in [0.5, 0.6) is 0 Å². The lowest BCUT2D eigenvalue weighted by atomic mass is 9.69. The van der Waals surface area contributed by atoms with Gasteiger partial charge in [-0.3, -0.25) is 4.79 Å². The van der Waals surface area contributed by atoms with Gasteiger partial charge in [0.15, 0.2) is 5.78 Å². The molecule has 3 aliphatic carbocycles. The Hall–Kier alpha value is -1.51. The standard InChI is InChI=1S/C21H30FN3O4/c22-14-8-12-18-20(17(14)24-11-3-1-2-4-11)29-16-7-10(23)5-6-15(16)25(18)9-13(19(12)26)21(27)28/h9-12,14-18,20,24H,1-8,23H2,(H,27,28). The van der Waals surface area contributed by atoms with Crippen molar-refractivity contribution in [2.24, 2.45) is 11.7 Å². The van der Waals surface area contributed by atoms with Crippen molar-refractivity contribution in [3.05, 3.63) is 11.8 Å². The van der Waals surface area contributed by atoms with Gasteiger partial charge in [-0.1, -0.05) is 12.8 Å². The number of Topliss-reactive ketones (excluding diaryl/α,β-unsaturated/α-hetero) is 1. The molecule has 160 valence electrons. The molecule has 0 bridgehead atoms. The van der Waals surface area contributed by atoms with E-state index in [1.807, 2.05) is 4.90 Å². The largest absolute Gasteiger partial charge is 0.478 e. The van der Waals surface area contributed by atoms with Crippen LogP contribution in [0.25, 0.3) is 0 Å². The summed E-state index contributed by atoms with van der Waals surface area (Å²) in [7, 11) is 0. The van der Waals surface area contributed by atoms with Gasteiger partial charge in [-0.25, -0.2) is 9.18 Å². The van der Waals surface area contributed by atoms with Gasteiger partial charge in [-0.05, 0) is 38.5 Å². The molecule has 0 aromatic heterocycles. The molecule has 0 spiro atoms. The molecule has 0 radical (unpaired) electrons. The maximum absolute atomic E-state index is 15.4. The molecule has 0 aromatic rings. The highest BCUT2D eigenvalue weighted by Gasteiger charge is 2.59. The number of carbonyl (C=O) groups is 2. The fourth-order valence-corrected chi connectivity index (χ4v) is 6.35. The Balaban J connectivity index is 1.51. The number of nitrogens with two attached hydrogens (primary N) is 1. The van der Waals surface area contributed by atoms with Crippen molar-refractivity contribution in [2.45, 2.75) is 100.0 Å². The third kappa shape index (κ3) is 3.20. The number of hydrogen-bond donors (Lipinski definition) is 3. The Bertz CT molecular complexity index is 725. The Labute approximate surface area is 169 Å². The Kier molecular flexibility index (Phi) is 4.91. The molecule has 29 heavy (non-hydrogen) atoms. The third-order valence-corrected chi connectivity index (χ3v) is 7.72. The number of carboxylic acids is 1. The Morgan fingerprint density at radius 1 is 1.24 bits per heavy atom. The van der Waals surface area contributed by atoms with Gasteiger partial charge in [0, 0.05) is 24.2 Å². The molecule has 2 heterocycles. The van der Waals surface area contributed by atoms with Crippen LogP contribution >= 0.6 is 0 Å². The normalized spacial score (nSPS) is 44.8. The van der Waals surface area contributed by atoms with Gasteiger partial charge in [-0.2, -0.15) is 0 Å². The van der Waals surface area contributed by atoms with E-state index >= 15 is 4.39 Å². The highest BCUT2D eigenvalue weighted by molar-refractivity contribution is 6.18. The van der Waals surface area contributed by atoms with E-state index in [1.54, 1.807) is 0 Å². The van der Waals surface area contributed by atoms with E-state index in [2.05, 4.69) is 5.32 Å². The molecule has 4 N–H and O–H groups in total. The van der Waals surface area contributed by atoms with Crippen LogP contribution in [-0.2, 0) is 14.3 Å². The number of halogens is 1. The van der Waals surface area contributed by atoms with Gasteiger partial charge in [0.25, 0.3) is 0 Å². The number of morpholine rings is 1. The molecule has 8 unspecified atom stereocenters. The number of fused-ring (bicyclic) bond motifs is 2. The molecule has 0 aromatic carbocycles. The molecule has 0 amide bonds. The molecule has 5 rings (SSSR count). The lowest BCUT2D eigenvalue weighted by molar-refractivity contribution is -0.199.